The maximum atomic E-state index is 5.20. The van der Waals surface area contributed by atoms with Gasteiger partial charge in [0.15, 0.2) is 0 Å². The van der Waals surface area contributed by atoms with Crippen LogP contribution in [0.15, 0.2) is 6.20 Å². The van der Waals surface area contributed by atoms with Gasteiger partial charge in [-0.3, -0.25) is 4.68 Å². The van der Waals surface area contributed by atoms with Crippen molar-refractivity contribution >= 4 is 0 Å². The van der Waals surface area contributed by atoms with Crippen LogP contribution >= 0.6 is 0 Å². The van der Waals surface area contributed by atoms with E-state index in [9.17, 15) is 0 Å². The quantitative estimate of drug-likeness (QED) is 0.766. The number of ether oxygens (including phenoxy) is 1. The number of aryl methyl sites for hydroxylation is 1. The molecule has 1 N–H and O–H groups in total. The summed E-state index contributed by atoms with van der Waals surface area (Å²) < 4.78 is 7.10. The lowest BCUT2D eigenvalue weighted by molar-refractivity contribution is 0.161. The van der Waals surface area contributed by atoms with Gasteiger partial charge in [0, 0.05) is 38.0 Å². The molecule has 0 bridgehead atoms. The zero-order valence-corrected chi connectivity index (χ0v) is 10.8. The normalized spacial score (nSPS) is 13.0. The number of hydrogen-bond acceptors (Lipinski definition) is 3. The molecule has 0 saturated heterocycles. The molecule has 1 heterocycles. The second kappa shape index (κ2) is 6.66. The minimum Gasteiger partial charge on any atom is -0.383 e. The van der Waals surface area contributed by atoms with Crippen molar-refractivity contribution in [1.82, 2.24) is 15.1 Å². The van der Waals surface area contributed by atoms with E-state index >= 15 is 0 Å². The Kier molecular flexibility index (Phi) is 5.49. The molecule has 0 spiro atoms. The number of nitrogens with zero attached hydrogens (tertiary/aromatic N) is 2. The van der Waals surface area contributed by atoms with Crippen LogP contribution in [0.4, 0.5) is 0 Å². The smallest absolute Gasteiger partial charge is 0.0615 e. The van der Waals surface area contributed by atoms with Crippen LogP contribution in [0.2, 0.25) is 0 Å². The van der Waals surface area contributed by atoms with E-state index in [0.29, 0.717) is 6.04 Å². The highest BCUT2D eigenvalue weighted by molar-refractivity contribution is 5.15. The van der Waals surface area contributed by atoms with Gasteiger partial charge in [-0.15, -0.1) is 0 Å². The second-order valence-electron chi connectivity index (χ2n) is 4.20. The molecule has 1 rings (SSSR count). The lowest BCUT2D eigenvalue weighted by Gasteiger charge is -2.16. The summed E-state index contributed by atoms with van der Waals surface area (Å²) in [5, 5.41) is 7.75. The molecule has 92 valence electrons. The summed E-state index contributed by atoms with van der Waals surface area (Å²) in [7, 11) is 3.72. The highest BCUT2D eigenvalue weighted by Gasteiger charge is 2.09. The van der Waals surface area contributed by atoms with E-state index in [1.165, 1.54) is 17.7 Å². The van der Waals surface area contributed by atoms with Crippen molar-refractivity contribution in [3.8, 4) is 0 Å². The van der Waals surface area contributed by atoms with Crippen molar-refractivity contribution in [2.24, 2.45) is 7.05 Å². The Labute approximate surface area is 98.0 Å². The van der Waals surface area contributed by atoms with E-state index in [1.54, 1.807) is 7.11 Å². The number of nitrogens with one attached hydrogen (secondary N) is 1. The molecule has 0 fully saturated rings. The van der Waals surface area contributed by atoms with Gasteiger partial charge in [-0.05, 0) is 13.3 Å². The first-order valence-corrected chi connectivity index (χ1v) is 5.88. The fraction of sp³-hybridized carbons (Fsp3) is 0.750. The van der Waals surface area contributed by atoms with E-state index in [1.807, 2.05) is 17.9 Å². The fourth-order valence-electron chi connectivity index (χ4n) is 1.77. The summed E-state index contributed by atoms with van der Waals surface area (Å²) in [5.74, 6) is 0. The lowest BCUT2D eigenvalue weighted by atomic mass is 10.1. The van der Waals surface area contributed by atoms with Crippen molar-refractivity contribution in [3.05, 3.63) is 17.5 Å². The summed E-state index contributed by atoms with van der Waals surface area (Å²) >= 11 is 0. The van der Waals surface area contributed by atoms with Gasteiger partial charge in [0.2, 0.25) is 0 Å². The molecule has 4 nitrogen and oxygen atoms in total. The van der Waals surface area contributed by atoms with Crippen LogP contribution in [-0.4, -0.2) is 29.5 Å². The van der Waals surface area contributed by atoms with Crippen LogP contribution in [0.3, 0.4) is 0 Å². The highest BCUT2D eigenvalue weighted by atomic mass is 16.5. The van der Waals surface area contributed by atoms with Crippen LogP contribution in [0.5, 0.6) is 0 Å². The van der Waals surface area contributed by atoms with E-state index in [-0.39, 0.29) is 0 Å². The predicted octanol–water partition coefficient (Wildman–Crippen LogP) is 1.63. The summed E-state index contributed by atoms with van der Waals surface area (Å²) in [6, 6.07) is 0.439. The number of aromatic nitrogens is 2. The summed E-state index contributed by atoms with van der Waals surface area (Å²) in [6.45, 7) is 5.93. The topological polar surface area (TPSA) is 39.1 Å². The molecule has 0 aliphatic rings. The van der Waals surface area contributed by atoms with Gasteiger partial charge in [-0.2, -0.15) is 5.10 Å². The number of hydrogen-bond donors (Lipinski definition) is 1. The molecule has 0 amide bonds. The molecule has 0 aliphatic carbocycles. The average molecular weight is 225 g/mol. The molecule has 0 radical (unpaired) electrons. The minimum absolute atomic E-state index is 0.439. The van der Waals surface area contributed by atoms with Gasteiger partial charge in [-0.1, -0.05) is 13.3 Å². The third-order valence-corrected chi connectivity index (χ3v) is 2.92. The van der Waals surface area contributed by atoms with Gasteiger partial charge in [-0.25, -0.2) is 0 Å². The molecule has 0 aromatic carbocycles. The Morgan fingerprint density at radius 1 is 1.56 bits per heavy atom. The molecule has 0 saturated carbocycles. The maximum Gasteiger partial charge on any atom is 0.0615 e. The Morgan fingerprint density at radius 2 is 2.31 bits per heavy atom. The lowest BCUT2D eigenvalue weighted by Crippen LogP contribution is -2.32. The molecule has 0 aliphatic heterocycles. The molecule has 1 unspecified atom stereocenters. The monoisotopic (exact) mass is 225 g/mol. The molecule has 16 heavy (non-hydrogen) atoms. The SMILES string of the molecule is CCCC(COC)NCc1cnn(C)c1C. The zero-order chi connectivity index (χ0) is 12.0. The molecular formula is C12H23N3O. The minimum atomic E-state index is 0.439. The average Bonchev–Trinajstić information content (AvgIpc) is 2.58. The van der Waals surface area contributed by atoms with Crippen molar-refractivity contribution in [1.29, 1.82) is 0 Å². The predicted molar refractivity (Wildman–Crippen MR) is 65.4 cm³/mol. The number of methoxy groups -OCH3 is 1. The zero-order valence-electron chi connectivity index (χ0n) is 10.8. The van der Waals surface area contributed by atoms with Crippen LogP contribution in [-0.2, 0) is 18.3 Å². The first-order valence-electron chi connectivity index (χ1n) is 5.88. The Morgan fingerprint density at radius 3 is 2.81 bits per heavy atom. The first-order chi connectivity index (χ1) is 7.69. The van der Waals surface area contributed by atoms with Crippen LogP contribution in [0.1, 0.15) is 31.0 Å². The number of rotatable bonds is 7. The van der Waals surface area contributed by atoms with Gasteiger partial charge >= 0.3 is 0 Å². The third-order valence-electron chi connectivity index (χ3n) is 2.92. The largest absolute Gasteiger partial charge is 0.383 e. The van der Waals surface area contributed by atoms with Gasteiger partial charge in [0.05, 0.1) is 12.8 Å². The van der Waals surface area contributed by atoms with E-state index in [0.717, 1.165) is 19.6 Å². The molecule has 1 aromatic rings. The standard InChI is InChI=1S/C12H23N3O/c1-5-6-12(9-16-4)13-7-11-8-14-15(3)10(11)2/h8,12-13H,5-7,9H2,1-4H3. The van der Waals surface area contributed by atoms with E-state index in [2.05, 4.69) is 24.3 Å². The Hall–Kier alpha value is -0.870. The molecule has 1 atom stereocenters. The van der Waals surface area contributed by atoms with Gasteiger partial charge < -0.3 is 10.1 Å². The molecule has 1 aromatic heterocycles. The van der Waals surface area contributed by atoms with Gasteiger partial charge in [0.25, 0.3) is 0 Å². The highest BCUT2D eigenvalue weighted by Crippen LogP contribution is 2.06. The van der Waals surface area contributed by atoms with Gasteiger partial charge in [0.1, 0.15) is 0 Å². The fourth-order valence-corrected chi connectivity index (χ4v) is 1.77. The van der Waals surface area contributed by atoms with Crippen LogP contribution < -0.4 is 5.32 Å². The summed E-state index contributed by atoms with van der Waals surface area (Å²) in [5.41, 5.74) is 2.49. The Bertz CT molecular complexity index is 303. The third kappa shape index (κ3) is 3.61. The Balaban J connectivity index is 2.45. The maximum absolute atomic E-state index is 5.20. The first kappa shape index (κ1) is 13.2. The molecular weight excluding hydrogens is 202 g/mol. The van der Waals surface area contributed by atoms with Crippen LogP contribution in [0.25, 0.3) is 0 Å². The van der Waals surface area contributed by atoms with Crippen molar-refractivity contribution in [2.45, 2.75) is 39.3 Å². The van der Waals surface area contributed by atoms with E-state index < -0.39 is 0 Å². The van der Waals surface area contributed by atoms with Crippen molar-refractivity contribution < 1.29 is 4.74 Å². The summed E-state index contributed by atoms with van der Waals surface area (Å²) in [6.07, 6.45) is 4.25. The van der Waals surface area contributed by atoms with Crippen molar-refractivity contribution in [3.63, 3.8) is 0 Å². The second-order valence-corrected chi connectivity index (χ2v) is 4.20. The van der Waals surface area contributed by atoms with Crippen molar-refractivity contribution in [2.75, 3.05) is 13.7 Å². The van der Waals surface area contributed by atoms with E-state index in [4.69, 9.17) is 4.74 Å². The summed E-state index contributed by atoms with van der Waals surface area (Å²) in [4.78, 5) is 0. The molecule has 4 heteroatoms. The van der Waals surface area contributed by atoms with Crippen LogP contribution in [0, 0.1) is 6.92 Å².